The number of nitrogens with zero attached hydrogens (tertiary/aromatic N) is 2. The van der Waals surface area contributed by atoms with Crippen LogP contribution < -0.4 is 0 Å². The summed E-state index contributed by atoms with van der Waals surface area (Å²) < 4.78 is 0. The van der Waals surface area contributed by atoms with E-state index in [4.69, 9.17) is 28.3 Å². The summed E-state index contributed by atoms with van der Waals surface area (Å²) in [5.74, 6) is -1.52. The second kappa shape index (κ2) is 8.54. The molecular formula is C17H20Cl2N2O4. The summed E-state index contributed by atoms with van der Waals surface area (Å²) in [5, 5.41) is 9.55. The van der Waals surface area contributed by atoms with Crippen molar-refractivity contribution >= 4 is 41.0 Å². The Hall–Kier alpha value is -1.79. The molecule has 25 heavy (non-hydrogen) atoms. The topological polar surface area (TPSA) is 77.9 Å². The van der Waals surface area contributed by atoms with Crippen LogP contribution in [0.2, 0.25) is 10.0 Å². The van der Waals surface area contributed by atoms with Gasteiger partial charge in [-0.05, 0) is 31.4 Å². The second-order valence-electron chi connectivity index (χ2n) is 6.02. The zero-order valence-electron chi connectivity index (χ0n) is 13.9. The van der Waals surface area contributed by atoms with Crippen LogP contribution in [-0.4, -0.2) is 58.4 Å². The number of carboxylic acid groups (broad SMARTS) is 1. The third-order valence-corrected chi connectivity index (χ3v) is 5.14. The van der Waals surface area contributed by atoms with Crippen LogP contribution >= 0.6 is 23.2 Å². The average molecular weight is 387 g/mol. The minimum atomic E-state index is -1.04. The summed E-state index contributed by atoms with van der Waals surface area (Å²) in [5.41, 5.74) is 0.349. The van der Waals surface area contributed by atoms with Gasteiger partial charge in [0, 0.05) is 26.1 Å². The van der Waals surface area contributed by atoms with Crippen LogP contribution in [0, 0.1) is 0 Å². The van der Waals surface area contributed by atoms with Gasteiger partial charge >= 0.3 is 5.97 Å². The molecule has 8 heteroatoms. The van der Waals surface area contributed by atoms with Crippen LogP contribution in [0.15, 0.2) is 18.2 Å². The van der Waals surface area contributed by atoms with Gasteiger partial charge in [0.15, 0.2) is 0 Å². The van der Waals surface area contributed by atoms with E-state index in [-0.39, 0.29) is 29.4 Å². The molecule has 1 aromatic rings. The van der Waals surface area contributed by atoms with Gasteiger partial charge in [-0.2, -0.15) is 0 Å². The molecule has 1 saturated heterocycles. The summed E-state index contributed by atoms with van der Waals surface area (Å²) in [6.45, 7) is 1.99. The third-order valence-electron chi connectivity index (χ3n) is 4.32. The second-order valence-corrected chi connectivity index (χ2v) is 6.80. The van der Waals surface area contributed by atoms with Gasteiger partial charge in [-0.3, -0.25) is 14.4 Å². The lowest BCUT2D eigenvalue weighted by molar-refractivity contribution is -0.145. The number of carboxylic acids is 1. The Morgan fingerprint density at radius 3 is 2.60 bits per heavy atom. The van der Waals surface area contributed by atoms with Crippen molar-refractivity contribution in [3.63, 3.8) is 0 Å². The first kappa shape index (κ1) is 19.5. The molecule has 1 atom stereocenters. The summed E-state index contributed by atoms with van der Waals surface area (Å²) >= 11 is 12.1. The summed E-state index contributed by atoms with van der Waals surface area (Å²) in [6.07, 6.45) is 1.86. The minimum Gasteiger partial charge on any atom is -0.480 e. The fraction of sp³-hybridized carbons (Fsp3) is 0.471. The summed E-state index contributed by atoms with van der Waals surface area (Å²) in [4.78, 5) is 38.5. The minimum absolute atomic E-state index is 0.193. The maximum Gasteiger partial charge on any atom is 0.323 e. The highest BCUT2D eigenvalue weighted by Gasteiger charge is 2.28. The largest absolute Gasteiger partial charge is 0.480 e. The maximum atomic E-state index is 12.7. The van der Waals surface area contributed by atoms with E-state index in [1.807, 2.05) is 0 Å². The maximum absolute atomic E-state index is 12.7. The number of benzene rings is 1. The molecule has 2 amide bonds. The Labute approximate surface area is 156 Å². The van der Waals surface area contributed by atoms with Gasteiger partial charge in [-0.15, -0.1) is 0 Å². The first-order valence-corrected chi connectivity index (χ1v) is 8.79. The van der Waals surface area contributed by atoms with E-state index in [0.29, 0.717) is 42.9 Å². The van der Waals surface area contributed by atoms with E-state index in [0.717, 1.165) is 0 Å². The van der Waals surface area contributed by atoms with Crippen molar-refractivity contribution in [1.29, 1.82) is 0 Å². The van der Waals surface area contributed by atoms with E-state index in [1.54, 1.807) is 23.1 Å². The van der Waals surface area contributed by atoms with Crippen molar-refractivity contribution in [2.24, 2.45) is 0 Å². The normalized spacial score (nSPS) is 17.7. The molecule has 0 spiro atoms. The molecule has 1 aliphatic heterocycles. The molecule has 1 fully saturated rings. The van der Waals surface area contributed by atoms with Crippen LogP contribution in [-0.2, 0) is 9.59 Å². The Kier molecular flexibility index (Phi) is 6.67. The lowest BCUT2D eigenvalue weighted by atomic mass is 10.1. The van der Waals surface area contributed by atoms with E-state index in [2.05, 4.69) is 0 Å². The highest BCUT2D eigenvalue weighted by Crippen LogP contribution is 2.27. The molecule has 1 N–H and O–H groups in total. The van der Waals surface area contributed by atoms with Gasteiger partial charge in [0.05, 0.1) is 15.6 Å². The van der Waals surface area contributed by atoms with Crippen molar-refractivity contribution < 1.29 is 19.5 Å². The van der Waals surface area contributed by atoms with E-state index in [1.165, 1.54) is 11.8 Å². The Balaban J connectivity index is 2.10. The molecule has 1 unspecified atom stereocenters. The number of aliphatic carboxylic acids is 1. The number of carbonyl (C=O) groups excluding carboxylic acids is 2. The summed E-state index contributed by atoms with van der Waals surface area (Å²) in [6, 6.07) is 4.73. The number of hydrogen-bond donors (Lipinski definition) is 1. The van der Waals surface area contributed by atoms with Gasteiger partial charge in [-0.25, -0.2) is 0 Å². The van der Waals surface area contributed by atoms with Crippen molar-refractivity contribution in [1.82, 2.24) is 9.80 Å². The first-order valence-electron chi connectivity index (χ1n) is 8.03. The molecule has 0 radical (unpaired) electrons. The fourth-order valence-corrected chi connectivity index (χ4v) is 3.46. The van der Waals surface area contributed by atoms with Gasteiger partial charge in [0.1, 0.15) is 6.54 Å². The lowest BCUT2D eigenvalue weighted by Crippen LogP contribution is -2.43. The molecule has 2 rings (SSSR count). The molecule has 0 aromatic heterocycles. The number of rotatable bonds is 4. The highest BCUT2D eigenvalue weighted by atomic mass is 35.5. The number of carbonyl (C=O) groups is 3. The number of halogens is 2. The number of hydrogen-bond acceptors (Lipinski definition) is 3. The Morgan fingerprint density at radius 2 is 1.96 bits per heavy atom. The zero-order chi connectivity index (χ0) is 18.6. The fourth-order valence-electron chi connectivity index (χ4n) is 3.08. The summed E-state index contributed by atoms with van der Waals surface area (Å²) in [7, 11) is 0. The lowest BCUT2D eigenvalue weighted by Gasteiger charge is -2.29. The average Bonchev–Trinajstić information content (AvgIpc) is 2.80. The monoisotopic (exact) mass is 386 g/mol. The molecule has 0 aliphatic carbocycles. The van der Waals surface area contributed by atoms with Gasteiger partial charge in [0.2, 0.25) is 5.91 Å². The quantitative estimate of drug-likeness (QED) is 0.862. The third kappa shape index (κ3) is 4.86. The van der Waals surface area contributed by atoms with Crippen LogP contribution in [0.1, 0.15) is 36.5 Å². The number of likely N-dealkylation sites (tertiary alicyclic amines) is 1. The molecule has 0 bridgehead atoms. The molecular weight excluding hydrogens is 367 g/mol. The molecule has 6 nitrogen and oxygen atoms in total. The predicted octanol–water partition coefficient (Wildman–Crippen LogP) is 2.92. The van der Waals surface area contributed by atoms with Gasteiger partial charge in [0.25, 0.3) is 5.91 Å². The first-order chi connectivity index (χ1) is 11.8. The van der Waals surface area contributed by atoms with E-state index in [9.17, 15) is 14.4 Å². The van der Waals surface area contributed by atoms with Gasteiger partial charge < -0.3 is 14.9 Å². The van der Waals surface area contributed by atoms with E-state index < -0.39 is 5.97 Å². The van der Waals surface area contributed by atoms with Crippen LogP contribution in [0.25, 0.3) is 0 Å². The number of amides is 2. The predicted molar refractivity (Wildman–Crippen MR) is 95.0 cm³/mol. The molecule has 1 aliphatic rings. The highest BCUT2D eigenvalue weighted by molar-refractivity contribution is 6.43. The van der Waals surface area contributed by atoms with Crippen molar-refractivity contribution in [2.75, 3.05) is 19.6 Å². The SMILES string of the molecule is CC(=O)N(CC(=O)O)C1CCCN(C(=O)c2cccc(Cl)c2Cl)CC1. The standard InChI is InChI=1S/C17H20Cl2N2O4/c1-11(22)21(10-15(23)24)12-4-3-8-20(9-7-12)17(25)13-5-2-6-14(18)16(13)19/h2,5-6,12H,3-4,7-10H2,1H3,(H,23,24). The smallest absolute Gasteiger partial charge is 0.323 e. The van der Waals surface area contributed by atoms with Crippen LogP contribution in [0.4, 0.5) is 0 Å². The van der Waals surface area contributed by atoms with Crippen LogP contribution in [0.5, 0.6) is 0 Å². The Morgan fingerprint density at radius 1 is 1.24 bits per heavy atom. The van der Waals surface area contributed by atoms with E-state index >= 15 is 0 Å². The van der Waals surface area contributed by atoms with Gasteiger partial charge in [-0.1, -0.05) is 29.3 Å². The van der Waals surface area contributed by atoms with Crippen molar-refractivity contribution in [3.8, 4) is 0 Å². The Bertz CT molecular complexity index is 681. The van der Waals surface area contributed by atoms with Crippen molar-refractivity contribution in [2.45, 2.75) is 32.2 Å². The van der Waals surface area contributed by atoms with Crippen LogP contribution in [0.3, 0.4) is 0 Å². The molecule has 136 valence electrons. The van der Waals surface area contributed by atoms with Crippen molar-refractivity contribution in [3.05, 3.63) is 33.8 Å². The molecule has 1 heterocycles. The molecule has 0 saturated carbocycles. The molecule has 1 aromatic carbocycles. The zero-order valence-corrected chi connectivity index (χ0v) is 15.4.